The Bertz CT molecular complexity index is 1230. The Morgan fingerprint density at radius 2 is 1.83 bits per heavy atom. The molecule has 0 aliphatic carbocycles. The van der Waals surface area contributed by atoms with Crippen LogP contribution < -0.4 is 10.6 Å². The van der Waals surface area contributed by atoms with Gasteiger partial charge in [-0.2, -0.15) is 0 Å². The van der Waals surface area contributed by atoms with E-state index in [-0.39, 0.29) is 11.7 Å². The summed E-state index contributed by atoms with van der Waals surface area (Å²) in [5.74, 6) is 0.201. The summed E-state index contributed by atoms with van der Waals surface area (Å²) in [4.78, 5) is 36.7. The number of amides is 1. The van der Waals surface area contributed by atoms with Crippen molar-refractivity contribution in [1.29, 1.82) is 0 Å². The molecule has 3 N–H and O–H groups in total. The first kappa shape index (κ1) is 18.4. The molecule has 2 aromatic heterocycles. The Labute approximate surface area is 167 Å². The van der Waals surface area contributed by atoms with Gasteiger partial charge in [0, 0.05) is 30.1 Å². The third-order valence-corrected chi connectivity index (χ3v) is 4.72. The molecule has 1 amide bonds. The second-order valence-corrected chi connectivity index (χ2v) is 6.58. The molecule has 29 heavy (non-hydrogen) atoms. The first-order chi connectivity index (χ1) is 14.1. The van der Waals surface area contributed by atoms with Gasteiger partial charge in [0.05, 0.1) is 10.9 Å². The Kier molecular flexibility index (Phi) is 4.78. The average molecular weight is 385 g/mol. The van der Waals surface area contributed by atoms with Crippen LogP contribution in [0.1, 0.15) is 31.8 Å². The number of rotatable bonds is 5. The number of ketones is 1. The molecule has 0 saturated carbocycles. The van der Waals surface area contributed by atoms with Gasteiger partial charge < -0.3 is 15.6 Å². The van der Waals surface area contributed by atoms with Crippen molar-refractivity contribution in [3.8, 4) is 0 Å². The number of anilines is 2. The molecule has 0 bridgehead atoms. The van der Waals surface area contributed by atoms with Gasteiger partial charge in [0.25, 0.3) is 5.91 Å². The lowest BCUT2D eigenvalue weighted by Gasteiger charge is -2.10. The van der Waals surface area contributed by atoms with Crippen LogP contribution in [0.15, 0.2) is 61.1 Å². The summed E-state index contributed by atoms with van der Waals surface area (Å²) in [6.07, 6.45) is 3.08. The normalized spacial score (nSPS) is 10.7. The second-order valence-electron chi connectivity index (χ2n) is 6.58. The maximum atomic E-state index is 13.2. The topological polar surface area (TPSA) is 99.8 Å². The molecule has 0 radical (unpaired) electrons. The minimum atomic E-state index is -0.182. The third kappa shape index (κ3) is 3.45. The molecule has 0 aliphatic heterocycles. The lowest BCUT2D eigenvalue weighted by Crippen LogP contribution is -2.17. The van der Waals surface area contributed by atoms with Gasteiger partial charge in [-0.25, -0.2) is 9.97 Å². The van der Waals surface area contributed by atoms with Crippen LogP contribution in [-0.2, 0) is 0 Å². The Hall–Kier alpha value is -4.00. The number of aromatic nitrogens is 3. The smallest absolute Gasteiger partial charge is 0.251 e. The van der Waals surface area contributed by atoms with Crippen molar-refractivity contribution in [2.75, 3.05) is 12.4 Å². The molecule has 144 valence electrons. The molecule has 0 saturated heterocycles. The molecule has 2 heterocycles. The van der Waals surface area contributed by atoms with Crippen molar-refractivity contribution in [3.05, 3.63) is 83.3 Å². The van der Waals surface area contributed by atoms with E-state index in [1.165, 1.54) is 6.33 Å². The molecule has 7 heteroatoms. The fourth-order valence-electron chi connectivity index (χ4n) is 3.23. The van der Waals surface area contributed by atoms with Crippen molar-refractivity contribution in [2.24, 2.45) is 0 Å². The number of carbonyl (C=O) groups is 2. The van der Waals surface area contributed by atoms with Crippen LogP contribution in [0.2, 0.25) is 0 Å². The number of nitrogens with zero attached hydrogens (tertiary/aromatic N) is 2. The van der Waals surface area contributed by atoms with Gasteiger partial charge in [0.1, 0.15) is 17.8 Å². The number of benzene rings is 2. The highest BCUT2D eigenvalue weighted by molar-refractivity contribution is 6.18. The van der Waals surface area contributed by atoms with E-state index in [4.69, 9.17) is 0 Å². The molecular weight excluding hydrogens is 366 g/mol. The standard InChI is InChI=1S/C22H19N5O2/c1-13-6-3-4-9-16(13)19(28)17-11-24-20-18(17)21(26-12-25-20)27-15-8-5-7-14(10-15)22(29)23-2/h3-12H,1-2H3,(H,23,29)(H2,24,25,26,27). The molecule has 0 aliphatic rings. The van der Waals surface area contributed by atoms with Gasteiger partial charge in [-0.15, -0.1) is 0 Å². The average Bonchev–Trinajstić information content (AvgIpc) is 3.18. The number of carbonyl (C=O) groups excluding carboxylic acids is 2. The van der Waals surface area contributed by atoms with E-state index in [1.807, 2.05) is 31.2 Å². The van der Waals surface area contributed by atoms with Gasteiger partial charge in [-0.1, -0.05) is 30.3 Å². The zero-order chi connectivity index (χ0) is 20.4. The minimum Gasteiger partial charge on any atom is -0.355 e. The summed E-state index contributed by atoms with van der Waals surface area (Å²) in [5, 5.41) is 6.42. The number of hydrogen-bond acceptors (Lipinski definition) is 5. The molecule has 0 fully saturated rings. The largest absolute Gasteiger partial charge is 0.355 e. The van der Waals surface area contributed by atoms with E-state index in [0.29, 0.717) is 39.2 Å². The number of H-pyrrole nitrogens is 1. The van der Waals surface area contributed by atoms with Gasteiger partial charge in [0.15, 0.2) is 5.78 Å². The van der Waals surface area contributed by atoms with E-state index < -0.39 is 0 Å². The van der Waals surface area contributed by atoms with E-state index in [0.717, 1.165) is 5.56 Å². The summed E-state index contributed by atoms with van der Waals surface area (Å²) in [5.41, 5.74) is 3.78. The summed E-state index contributed by atoms with van der Waals surface area (Å²) in [6.45, 7) is 1.90. The molecule has 0 spiro atoms. The predicted octanol–water partition coefficient (Wildman–Crippen LogP) is 3.60. The highest BCUT2D eigenvalue weighted by atomic mass is 16.1. The first-order valence-electron chi connectivity index (χ1n) is 9.10. The van der Waals surface area contributed by atoms with Gasteiger partial charge in [-0.3, -0.25) is 9.59 Å². The molecule has 7 nitrogen and oxygen atoms in total. The van der Waals surface area contributed by atoms with Crippen LogP contribution in [0, 0.1) is 6.92 Å². The van der Waals surface area contributed by atoms with Crippen molar-refractivity contribution in [3.63, 3.8) is 0 Å². The maximum absolute atomic E-state index is 13.2. The quantitative estimate of drug-likeness (QED) is 0.456. The van der Waals surface area contributed by atoms with Crippen molar-refractivity contribution in [2.45, 2.75) is 6.92 Å². The second kappa shape index (κ2) is 7.55. The molecule has 0 atom stereocenters. The first-order valence-corrected chi connectivity index (χ1v) is 9.10. The van der Waals surface area contributed by atoms with E-state index in [2.05, 4.69) is 25.6 Å². The number of nitrogens with one attached hydrogen (secondary N) is 3. The molecule has 4 rings (SSSR count). The highest BCUT2D eigenvalue weighted by Crippen LogP contribution is 2.28. The van der Waals surface area contributed by atoms with Crippen LogP contribution in [0.25, 0.3) is 11.0 Å². The van der Waals surface area contributed by atoms with Crippen LogP contribution >= 0.6 is 0 Å². The van der Waals surface area contributed by atoms with E-state index in [9.17, 15) is 9.59 Å². The number of hydrogen-bond donors (Lipinski definition) is 3. The summed E-state index contributed by atoms with van der Waals surface area (Å²) in [7, 11) is 1.58. The molecule has 2 aromatic carbocycles. The number of fused-ring (bicyclic) bond motifs is 1. The van der Waals surface area contributed by atoms with E-state index in [1.54, 1.807) is 37.5 Å². The van der Waals surface area contributed by atoms with Gasteiger partial charge in [-0.05, 0) is 30.7 Å². The maximum Gasteiger partial charge on any atom is 0.251 e. The Morgan fingerprint density at radius 1 is 1.00 bits per heavy atom. The zero-order valence-electron chi connectivity index (χ0n) is 16.0. The highest BCUT2D eigenvalue weighted by Gasteiger charge is 2.20. The summed E-state index contributed by atoms with van der Waals surface area (Å²) < 4.78 is 0. The lowest BCUT2D eigenvalue weighted by molar-refractivity contribution is 0.0962. The summed E-state index contributed by atoms with van der Waals surface area (Å²) >= 11 is 0. The fourth-order valence-corrected chi connectivity index (χ4v) is 3.23. The molecule has 4 aromatic rings. The monoisotopic (exact) mass is 385 g/mol. The van der Waals surface area contributed by atoms with Crippen molar-refractivity contribution in [1.82, 2.24) is 20.3 Å². The third-order valence-electron chi connectivity index (χ3n) is 4.72. The van der Waals surface area contributed by atoms with E-state index >= 15 is 0 Å². The van der Waals surface area contributed by atoms with Crippen LogP contribution in [0.4, 0.5) is 11.5 Å². The van der Waals surface area contributed by atoms with Crippen LogP contribution in [-0.4, -0.2) is 33.7 Å². The van der Waals surface area contributed by atoms with Gasteiger partial charge in [0.2, 0.25) is 0 Å². The number of aryl methyl sites for hydroxylation is 1. The van der Waals surface area contributed by atoms with Crippen LogP contribution in [0.3, 0.4) is 0 Å². The Morgan fingerprint density at radius 3 is 2.62 bits per heavy atom. The van der Waals surface area contributed by atoms with Crippen molar-refractivity contribution < 1.29 is 9.59 Å². The molecular formula is C22H19N5O2. The van der Waals surface area contributed by atoms with Gasteiger partial charge >= 0.3 is 0 Å². The predicted molar refractivity (Wildman–Crippen MR) is 112 cm³/mol. The Balaban J connectivity index is 1.77. The van der Waals surface area contributed by atoms with Crippen LogP contribution in [0.5, 0.6) is 0 Å². The fraction of sp³-hybridized carbons (Fsp3) is 0.0909. The number of aromatic amines is 1. The molecule has 0 unspecified atom stereocenters. The lowest BCUT2D eigenvalue weighted by atomic mass is 9.99. The zero-order valence-corrected chi connectivity index (χ0v) is 16.0. The SMILES string of the molecule is CNC(=O)c1cccc(Nc2ncnc3[nH]cc(C(=O)c4ccccc4C)c23)c1. The van der Waals surface area contributed by atoms with Crippen molar-refractivity contribution >= 4 is 34.2 Å². The summed E-state index contributed by atoms with van der Waals surface area (Å²) in [6, 6.07) is 14.5. The minimum absolute atomic E-state index is 0.105.